The second kappa shape index (κ2) is 10.0. The van der Waals surface area contributed by atoms with Crippen molar-refractivity contribution in [3.63, 3.8) is 0 Å². The van der Waals surface area contributed by atoms with Crippen LogP contribution in [0.15, 0.2) is 59.4 Å². The van der Waals surface area contributed by atoms with Crippen LogP contribution in [0.1, 0.15) is 11.1 Å². The van der Waals surface area contributed by atoms with E-state index in [1.807, 2.05) is 36.4 Å². The summed E-state index contributed by atoms with van der Waals surface area (Å²) in [5.74, 6) is 0.687. The molecule has 3 rings (SSSR count). The zero-order chi connectivity index (χ0) is 20.6. The van der Waals surface area contributed by atoms with E-state index in [0.717, 1.165) is 17.3 Å². The van der Waals surface area contributed by atoms with E-state index in [-0.39, 0.29) is 12.2 Å². The first kappa shape index (κ1) is 20.8. The SMILES string of the molecule is COc1ccc2cc(CN(CCO)C(=S)NCCc3ccccc3)c(=O)[nH]c2c1. The maximum atomic E-state index is 12.5. The predicted molar refractivity (Wildman–Crippen MR) is 119 cm³/mol. The van der Waals surface area contributed by atoms with Crippen molar-refractivity contribution in [2.75, 3.05) is 26.8 Å². The van der Waals surface area contributed by atoms with Gasteiger partial charge in [0.15, 0.2) is 5.11 Å². The lowest BCUT2D eigenvalue weighted by molar-refractivity contribution is 0.245. The normalized spacial score (nSPS) is 10.7. The molecule has 7 heteroatoms. The molecule has 0 saturated heterocycles. The molecule has 1 aromatic heterocycles. The monoisotopic (exact) mass is 411 g/mol. The number of hydrogen-bond donors (Lipinski definition) is 3. The molecule has 0 fully saturated rings. The first-order chi connectivity index (χ1) is 14.1. The lowest BCUT2D eigenvalue weighted by Gasteiger charge is -2.25. The Kier molecular flexibility index (Phi) is 7.21. The molecule has 152 valence electrons. The fourth-order valence-corrected chi connectivity index (χ4v) is 3.38. The molecule has 1 heterocycles. The summed E-state index contributed by atoms with van der Waals surface area (Å²) in [5, 5.41) is 14.1. The lowest BCUT2D eigenvalue weighted by atomic mass is 10.1. The first-order valence-electron chi connectivity index (χ1n) is 9.48. The molecule has 0 aliphatic carbocycles. The van der Waals surface area contributed by atoms with Crippen LogP contribution in [-0.4, -0.2) is 46.9 Å². The molecule has 0 unspecified atom stereocenters. The molecular formula is C22H25N3O3S. The third-order valence-electron chi connectivity index (χ3n) is 4.68. The molecular weight excluding hydrogens is 386 g/mol. The topological polar surface area (TPSA) is 77.6 Å². The zero-order valence-electron chi connectivity index (χ0n) is 16.4. The van der Waals surface area contributed by atoms with Crippen LogP contribution in [0, 0.1) is 0 Å². The first-order valence-corrected chi connectivity index (χ1v) is 9.89. The fraction of sp³-hybridized carbons (Fsp3) is 0.273. The number of aromatic nitrogens is 1. The highest BCUT2D eigenvalue weighted by Gasteiger charge is 2.13. The second-order valence-electron chi connectivity index (χ2n) is 6.69. The summed E-state index contributed by atoms with van der Waals surface area (Å²) in [6.45, 7) is 1.29. The van der Waals surface area contributed by atoms with Crippen molar-refractivity contribution in [2.24, 2.45) is 0 Å². The van der Waals surface area contributed by atoms with Gasteiger partial charge in [-0.05, 0) is 47.8 Å². The highest BCUT2D eigenvalue weighted by molar-refractivity contribution is 7.80. The van der Waals surface area contributed by atoms with Gasteiger partial charge in [0.25, 0.3) is 5.56 Å². The van der Waals surface area contributed by atoms with Crippen LogP contribution < -0.4 is 15.6 Å². The molecule has 6 nitrogen and oxygen atoms in total. The van der Waals surface area contributed by atoms with Gasteiger partial charge in [0.05, 0.1) is 25.8 Å². The van der Waals surface area contributed by atoms with Gasteiger partial charge in [-0.1, -0.05) is 30.3 Å². The van der Waals surface area contributed by atoms with Crippen molar-refractivity contribution in [1.82, 2.24) is 15.2 Å². The fourth-order valence-electron chi connectivity index (χ4n) is 3.12. The van der Waals surface area contributed by atoms with Gasteiger partial charge in [0.2, 0.25) is 0 Å². The highest BCUT2D eigenvalue weighted by atomic mass is 32.1. The van der Waals surface area contributed by atoms with Crippen LogP contribution in [0.2, 0.25) is 0 Å². The number of H-pyrrole nitrogens is 1. The number of thiocarbonyl (C=S) groups is 1. The van der Waals surface area contributed by atoms with Crippen molar-refractivity contribution < 1.29 is 9.84 Å². The third-order valence-corrected chi connectivity index (χ3v) is 5.08. The van der Waals surface area contributed by atoms with E-state index in [9.17, 15) is 9.90 Å². The van der Waals surface area contributed by atoms with Crippen LogP contribution in [0.4, 0.5) is 0 Å². The van der Waals surface area contributed by atoms with Crippen LogP contribution in [0.25, 0.3) is 10.9 Å². The Labute approximate surface area is 175 Å². The quantitative estimate of drug-likeness (QED) is 0.494. The maximum Gasteiger partial charge on any atom is 0.253 e. The van der Waals surface area contributed by atoms with Crippen LogP contribution >= 0.6 is 12.2 Å². The number of rotatable bonds is 8. The summed E-state index contributed by atoms with van der Waals surface area (Å²) in [6.07, 6.45) is 0.840. The Morgan fingerprint density at radius 3 is 2.72 bits per heavy atom. The number of aromatic amines is 1. The summed E-state index contributed by atoms with van der Waals surface area (Å²) in [4.78, 5) is 17.2. The van der Waals surface area contributed by atoms with Gasteiger partial charge in [0.1, 0.15) is 5.75 Å². The van der Waals surface area contributed by atoms with Gasteiger partial charge in [-0.3, -0.25) is 4.79 Å². The van der Waals surface area contributed by atoms with Gasteiger partial charge >= 0.3 is 0 Å². The van der Waals surface area contributed by atoms with E-state index in [4.69, 9.17) is 17.0 Å². The number of benzene rings is 2. The standard InChI is InChI=1S/C22H25N3O3S/c1-28-19-8-7-17-13-18(21(27)24-20(17)14-19)15-25(11-12-26)22(29)23-10-9-16-5-3-2-4-6-16/h2-8,13-14,26H,9-12,15H2,1H3,(H,23,29)(H,24,27). The number of pyridine rings is 1. The number of fused-ring (bicyclic) bond motifs is 1. The Balaban J connectivity index is 1.69. The molecule has 29 heavy (non-hydrogen) atoms. The molecule has 0 amide bonds. The molecule has 0 radical (unpaired) electrons. The molecule has 0 aliphatic heterocycles. The molecule has 3 N–H and O–H groups in total. The molecule has 3 aromatic rings. The van der Waals surface area contributed by atoms with Gasteiger partial charge in [0, 0.05) is 24.7 Å². The zero-order valence-corrected chi connectivity index (χ0v) is 17.2. The van der Waals surface area contributed by atoms with Crippen molar-refractivity contribution in [3.05, 3.63) is 76.1 Å². The van der Waals surface area contributed by atoms with Gasteiger partial charge in [-0.2, -0.15) is 0 Å². The highest BCUT2D eigenvalue weighted by Crippen LogP contribution is 2.19. The number of methoxy groups -OCH3 is 1. The van der Waals surface area contributed by atoms with E-state index in [0.29, 0.717) is 36.1 Å². The summed E-state index contributed by atoms with van der Waals surface area (Å²) >= 11 is 5.50. The molecule has 0 atom stereocenters. The summed E-state index contributed by atoms with van der Waals surface area (Å²) in [7, 11) is 1.59. The van der Waals surface area contributed by atoms with E-state index in [1.165, 1.54) is 5.56 Å². The molecule has 2 aromatic carbocycles. The maximum absolute atomic E-state index is 12.5. The predicted octanol–water partition coefficient (Wildman–Crippen LogP) is 2.45. The molecule has 0 spiro atoms. The minimum atomic E-state index is -0.180. The molecule has 0 bridgehead atoms. The average molecular weight is 412 g/mol. The number of aliphatic hydroxyl groups excluding tert-OH is 1. The van der Waals surface area contributed by atoms with Crippen LogP contribution in [-0.2, 0) is 13.0 Å². The molecule has 0 aliphatic rings. The van der Waals surface area contributed by atoms with E-state index < -0.39 is 0 Å². The third kappa shape index (κ3) is 5.56. The lowest BCUT2D eigenvalue weighted by Crippen LogP contribution is -2.42. The molecule has 0 saturated carbocycles. The van der Waals surface area contributed by atoms with E-state index in [2.05, 4.69) is 22.4 Å². The van der Waals surface area contributed by atoms with Crippen molar-refractivity contribution >= 4 is 28.2 Å². The Bertz CT molecular complexity index is 1020. The van der Waals surface area contributed by atoms with Gasteiger partial charge < -0.3 is 25.0 Å². The minimum absolute atomic E-state index is 0.0524. The summed E-state index contributed by atoms with van der Waals surface area (Å²) < 4.78 is 5.21. The number of aliphatic hydroxyl groups is 1. The summed E-state index contributed by atoms with van der Waals surface area (Å²) in [5.41, 5.74) is 2.34. The smallest absolute Gasteiger partial charge is 0.253 e. The van der Waals surface area contributed by atoms with Gasteiger partial charge in [-0.15, -0.1) is 0 Å². The number of ether oxygens (including phenoxy) is 1. The Morgan fingerprint density at radius 2 is 2.00 bits per heavy atom. The van der Waals surface area contributed by atoms with Crippen molar-refractivity contribution in [2.45, 2.75) is 13.0 Å². The minimum Gasteiger partial charge on any atom is -0.497 e. The second-order valence-corrected chi connectivity index (χ2v) is 7.08. The van der Waals surface area contributed by atoms with Crippen LogP contribution in [0.5, 0.6) is 5.75 Å². The van der Waals surface area contributed by atoms with Crippen LogP contribution in [0.3, 0.4) is 0 Å². The van der Waals surface area contributed by atoms with E-state index >= 15 is 0 Å². The number of nitrogens with one attached hydrogen (secondary N) is 2. The Hall–Kier alpha value is -2.90. The average Bonchev–Trinajstić information content (AvgIpc) is 2.74. The number of nitrogens with zero attached hydrogens (tertiary/aromatic N) is 1. The van der Waals surface area contributed by atoms with Crippen molar-refractivity contribution in [1.29, 1.82) is 0 Å². The van der Waals surface area contributed by atoms with Crippen molar-refractivity contribution in [3.8, 4) is 5.75 Å². The van der Waals surface area contributed by atoms with Gasteiger partial charge in [-0.25, -0.2) is 0 Å². The Morgan fingerprint density at radius 1 is 1.21 bits per heavy atom. The largest absolute Gasteiger partial charge is 0.497 e. The van der Waals surface area contributed by atoms with E-state index in [1.54, 1.807) is 18.1 Å². The summed E-state index contributed by atoms with van der Waals surface area (Å²) in [6, 6.07) is 17.5. The number of hydrogen-bond acceptors (Lipinski definition) is 4.